The molecular weight excluding hydrogens is 381 g/mol. The van der Waals surface area contributed by atoms with Crippen molar-refractivity contribution in [1.29, 1.82) is 0 Å². The van der Waals surface area contributed by atoms with Gasteiger partial charge in [-0.3, -0.25) is 0 Å². The monoisotopic (exact) mass is 389 g/mol. The number of hydrogen-bond acceptors (Lipinski definition) is 2. The fourth-order valence-corrected chi connectivity index (χ4v) is 1.77. The minimum Gasteiger partial charge on any atom is -0.439 e. The van der Waals surface area contributed by atoms with E-state index in [4.69, 9.17) is 4.74 Å². The predicted molar refractivity (Wildman–Crippen MR) is 75.9 cm³/mol. The van der Waals surface area contributed by atoms with Crippen LogP contribution in [0.15, 0.2) is 41.0 Å². The van der Waals surface area contributed by atoms with Gasteiger partial charge in [-0.1, -0.05) is 0 Å². The fourth-order valence-electron chi connectivity index (χ4n) is 1.19. The van der Waals surface area contributed by atoms with Gasteiger partial charge in [-0.2, -0.15) is 0 Å². The van der Waals surface area contributed by atoms with Gasteiger partial charge < -0.3 is 4.74 Å². The van der Waals surface area contributed by atoms with Crippen LogP contribution >= 0.6 is 38.5 Å². The van der Waals surface area contributed by atoms with Crippen LogP contribution in [0.4, 0.5) is 0 Å². The Hall–Kier alpha value is -0.620. The number of rotatable bonds is 2. The Morgan fingerprint density at radius 1 is 1.25 bits per heavy atom. The fraction of sp³-hybridized carbons (Fsp3) is 0.0833. The Labute approximate surface area is 116 Å². The number of hydrogen-bond donors (Lipinski definition) is 0. The number of benzene rings is 1. The lowest BCUT2D eigenvalue weighted by atomic mass is 10.3. The molecule has 0 fully saturated rings. The van der Waals surface area contributed by atoms with Crippen LogP contribution in [-0.4, -0.2) is 4.98 Å². The maximum Gasteiger partial charge on any atom is 0.219 e. The lowest BCUT2D eigenvalue weighted by Gasteiger charge is -2.06. The molecule has 0 aliphatic carbocycles. The summed E-state index contributed by atoms with van der Waals surface area (Å²) >= 11 is 5.67. The highest BCUT2D eigenvalue weighted by atomic mass is 127. The van der Waals surface area contributed by atoms with Crippen molar-refractivity contribution in [3.05, 3.63) is 50.1 Å². The normalized spacial score (nSPS) is 10.2. The maximum atomic E-state index is 5.63. The van der Waals surface area contributed by atoms with E-state index >= 15 is 0 Å². The zero-order valence-corrected chi connectivity index (χ0v) is 12.3. The molecule has 1 aromatic heterocycles. The van der Waals surface area contributed by atoms with Crippen LogP contribution in [0, 0.1) is 10.5 Å². The molecule has 0 saturated carbocycles. The molecule has 4 heteroatoms. The van der Waals surface area contributed by atoms with Crippen molar-refractivity contribution in [2.75, 3.05) is 0 Å². The second-order valence-corrected chi connectivity index (χ2v) is 5.43. The molecule has 1 heterocycles. The second kappa shape index (κ2) is 5.14. The predicted octanol–water partition coefficient (Wildman–Crippen LogP) is 4.55. The Morgan fingerprint density at radius 3 is 2.56 bits per heavy atom. The molecule has 2 rings (SSSR count). The second-order valence-electron chi connectivity index (χ2n) is 3.33. The lowest BCUT2D eigenvalue weighted by molar-refractivity contribution is 0.462. The summed E-state index contributed by atoms with van der Waals surface area (Å²) in [6.07, 6.45) is 1.75. The Kier molecular flexibility index (Phi) is 3.81. The molecule has 0 amide bonds. The zero-order chi connectivity index (χ0) is 11.5. The summed E-state index contributed by atoms with van der Waals surface area (Å²) in [5.74, 6) is 1.41. The molecule has 1 aromatic carbocycles. The number of ether oxygens (including phenoxy) is 1. The molecule has 0 saturated heterocycles. The minimum absolute atomic E-state index is 0.613. The molecule has 82 valence electrons. The van der Waals surface area contributed by atoms with E-state index in [2.05, 4.69) is 43.5 Å². The topological polar surface area (TPSA) is 22.1 Å². The first-order chi connectivity index (χ1) is 7.65. The zero-order valence-electron chi connectivity index (χ0n) is 8.58. The van der Waals surface area contributed by atoms with Crippen LogP contribution in [-0.2, 0) is 0 Å². The number of aryl methyl sites for hydroxylation is 1. The van der Waals surface area contributed by atoms with Crippen LogP contribution < -0.4 is 4.74 Å². The van der Waals surface area contributed by atoms with Crippen molar-refractivity contribution < 1.29 is 4.74 Å². The van der Waals surface area contributed by atoms with Crippen LogP contribution in [0.1, 0.15) is 5.56 Å². The molecule has 0 unspecified atom stereocenters. The summed E-state index contributed by atoms with van der Waals surface area (Å²) in [6, 6.07) is 9.77. The van der Waals surface area contributed by atoms with E-state index in [9.17, 15) is 0 Å². The van der Waals surface area contributed by atoms with Crippen molar-refractivity contribution in [3.8, 4) is 11.6 Å². The van der Waals surface area contributed by atoms with E-state index in [1.54, 1.807) is 6.20 Å². The van der Waals surface area contributed by atoms with Gasteiger partial charge in [0.15, 0.2) is 0 Å². The number of aromatic nitrogens is 1. The molecule has 0 spiro atoms. The van der Waals surface area contributed by atoms with Crippen molar-refractivity contribution in [2.24, 2.45) is 0 Å². The van der Waals surface area contributed by atoms with Gasteiger partial charge in [-0.25, -0.2) is 4.98 Å². The molecular formula is C12H9BrINO. The first-order valence-electron chi connectivity index (χ1n) is 4.71. The van der Waals surface area contributed by atoms with Gasteiger partial charge in [0.1, 0.15) is 5.75 Å². The van der Waals surface area contributed by atoms with Gasteiger partial charge in [-0.15, -0.1) is 0 Å². The Balaban J connectivity index is 2.20. The molecule has 0 bridgehead atoms. The average Bonchev–Trinajstić information content (AvgIpc) is 2.27. The summed E-state index contributed by atoms with van der Waals surface area (Å²) in [6.45, 7) is 2.01. The molecule has 0 aliphatic heterocycles. The first-order valence-corrected chi connectivity index (χ1v) is 6.58. The van der Waals surface area contributed by atoms with Crippen molar-refractivity contribution in [3.63, 3.8) is 0 Å². The van der Waals surface area contributed by atoms with Crippen molar-refractivity contribution in [1.82, 2.24) is 4.98 Å². The number of halogens is 2. The smallest absolute Gasteiger partial charge is 0.219 e. The van der Waals surface area contributed by atoms with Gasteiger partial charge in [0.25, 0.3) is 0 Å². The summed E-state index contributed by atoms with van der Waals surface area (Å²) < 4.78 is 7.81. The lowest BCUT2D eigenvalue weighted by Crippen LogP contribution is -1.89. The average molecular weight is 390 g/mol. The molecule has 0 atom stereocenters. The van der Waals surface area contributed by atoms with Gasteiger partial charge in [-0.05, 0) is 75.3 Å². The van der Waals surface area contributed by atoms with Crippen LogP contribution in [0.5, 0.6) is 11.6 Å². The van der Waals surface area contributed by atoms with Gasteiger partial charge in [0.05, 0.1) is 0 Å². The molecule has 2 nitrogen and oxygen atoms in total. The van der Waals surface area contributed by atoms with Gasteiger partial charge >= 0.3 is 0 Å². The van der Waals surface area contributed by atoms with E-state index in [-0.39, 0.29) is 0 Å². The SMILES string of the molecule is Cc1cc(Oc2ccc(I)cc2)ncc1Br. The molecule has 16 heavy (non-hydrogen) atoms. The molecule has 0 N–H and O–H groups in total. The van der Waals surface area contributed by atoms with E-state index in [1.807, 2.05) is 37.3 Å². The largest absolute Gasteiger partial charge is 0.439 e. The minimum atomic E-state index is 0.613. The summed E-state index contributed by atoms with van der Waals surface area (Å²) in [5.41, 5.74) is 1.11. The quantitative estimate of drug-likeness (QED) is 0.703. The third-order valence-electron chi connectivity index (χ3n) is 2.06. The van der Waals surface area contributed by atoms with Crippen molar-refractivity contribution in [2.45, 2.75) is 6.92 Å². The van der Waals surface area contributed by atoms with E-state index in [1.165, 1.54) is 3.57 Å². The van der Waals surface area contributed by atoms with Gasteiger partial charge in [0.2, 0.25) is 5.88 Å². The molecule has 0 radical (unpaired) electrons. The Morgan fingerprint density at radius 2 is 1.94 bits per heavy atom. The first kappa shape index (κ1) is 11.9. The molecule has 0 aliphatic rings. The van der Waals surface area contributed by atoms with E-state index < -0.39 is 0 Å². The van der Waals surface area contributed by atoms with Crippen LogP contribution in [0.25, 0.3) is 0 Å². The molecule has 2 aromatic rings. The van der Waals surface area contributed by atoms with E-state index in [0.717, 1.165) is 15.8 Å². The number of pyridine rings is 1. The third kappa shape index (κ3) is 2.95. The van der Waals surface area contributed by atoms with Crippen LogP contribution in [0.2, 0.25) is 0 Å². The Bertz CT molecular complexity index is 499. The number of nitrogens with zero attached hydrogens (tertiary/aromatic N) is 1. The third-order valence-corrected chi connectivity index (χ3v) is 3.61. The van der Waals surface area contributed by atoms with E-state index in [0.29, 0.717) is 5.88 Å². The summed E-state index contributed by atoms with van der Waals surface area (Å²) in [5, 5.41) is 0. The summed E-state index contributed by atoms with van der Waals surface area (Å²) in [7, 11) is 0. The highest BCUT2D eigenvalue weighted by Gasteiger charge is 2.01. The maximum absolute atomic E-state index is 5.63. The highest BCUT2D eigenvalue weighted by Crippen LogP contribution is 2.23. The summed E-state index contributed by atoms with van der Waals surface area (Å²) in [4.78, 5) is 4.19. The standard InChI is InChI=1S/C12H9BrINO/c1-8-6-12(15-7-11(8)13)16-10-4-2-9(14)3-5-10/h2-7H,1H3. The van der Waals surface area contributed by atoms with Gasteiger partial charge in [0, 0.05) is 20.3 Å². The van der Waals surface area contributed by atoms with Crippen molar-refractivity contribution >= 4 is 38.5 Å². The van der Waals surface area contributed by atoms with Crippen LogP contribution in [0.3, 0.4) is 0 Å². The highest BCUT2D eigenvalue weighted by molar-refractivity contribution is 14.1.